The Morgan fingerprint density at radius 1 is 0.909 bits per heavy atom. The highest BCUT2D eigenvalue weighted by molar-refractivity contribution is 14.1. The number of benzene rings is 3. The van der Waals surface area contributed by atoms with Crippen molar-refractivity contribution in [3.05, 3.63) is 99.1 Å². The van der Waals surface area contributed by atoms with Gasteiger partial charge in [0.25, 0.3) is 16.0 Å². The molecule has 0 saturated carbocycles. The highest BCUT2D eigenvalue weighted by Crippen LogP contribution is 2.24. The standard InChI is InChI=1S/C24H23IN2O5S/c25-20-10-12-21(13-11-20)27-24(29)22(18-4-2-1-3-5-18)16-17-6-8-19(9-7-17)23(28)26-14-15-33(30,31)32/h1-13,22H,14-16H2,(H,26,28)(H,27,29)(H,30,31,32). The molecule has 0 saturated heterocycles. The lowest BCUT2D eigenvalue weighted by atomic mass is 9.90. The van der Waals surface area contributed by atoms with Gasteiger partial charge in [-0.2, -0.15) is 8.42 Å². The molecule has 1 unspecified atom stereocenters. The Balaban J connectivity index is 1.71. The molecule has 3 aromatic rings. The fourth-order valence-electron chi connectivity index (χ4n) is 3.23. The van der Waals surface area contributed by atoms with Crippen LogP contribution in [0.5, 0.6) is 0 Å². The number of halogens is 1. The molecule has 3 aromatic carbocycles. The van der Waals surface area contributed by atoms with Crippen molar-refractivity contribution >= 4 is 50.2 Å². The minimum Gasteiger partial charge on any atom is -0.351 e. The van der Waals surface area contributed by atoms with Crippen LogP contribution in [0.15, 0.2) is 78.9 Å². The molecule has 3 rings (SSSR count). The maximum atomic E-state index is 13.1. The lowest BCUT2D eigenvalue weighted by Crippen LogP contribution is -2.28. The van der Waals surface area contributed by atoms with Crippen molar-refractivity contribution in [2.75, 3.05) is 17.6 Å². The Hall–Kier alpha value is -2.76. The molecule has 1 atom stereocenters. The molecule has 3 N–H and O–H groups in total. The topological polar surface area (TPSA) is 113 Å². The predicted molar refractivity (Wildman–Crippen MR) is 136 cm³/mol. The summed E-state index contributed by atoms with van der Waals surface area (Å²) in [5, 5.41) is 5.43. The van der Waals surface area contributed by atoms with Crippen molar-refractivity contribution in [2.45, 2.75) is 12.3 Å². The molecule has 0 spiro atoms. The van der Waals surface area contributed by atoms with Crippen LogP contribution in [-0.2, 0) is 21.3 Å². The van der Waals surface area contributed by atoms with Gasteiger partial charge in [-0.3, -0.25) is 14.1 Å². The fourth-order valence-corrected chi connectivity index (χ4v) is 3.95. The van der Waals surface area contributed by atoms with E-state index in [9.17, 15) is 18.0 Å². The van der Waals surface area contributed by atoms with Crippen molar-refractivity contribution in [3.63, 3.8) is 0 Å². The summed E-state index contributed by atoms with van der Waals surface area (Å²) in [7, 11) is -4.13. The highest BCUT2D eigenvalue weighted by atomic mass is 127. The molecule has 0 heterocycles. The summed E-state index contributed by atoms with van der Waals surface area (Å²) in [5.74, 6) is -1.55. The third-order valence-corrected chi connectivity index (χ3v) is 6.37. The number of carbonyl (C=O) groups excluding carboxylic acids is 2. The van der Waals surface area contributed by atoms with Crippen LogP contribution >= 0.6 is 22.6 Å². The molecule has 2 amide bonds. The first kappa shape index (κ1) is 24.9. The Morgan fingerprint density at radius 2 is 1.55 bits per heavy atom. The van der Waals surface area contributed by atoms with E-state index in [1.165, 1.54) is 0 Å². The summed E-state index contributed by atoms with van der Waals surface area (Å²) < 4.78 is 31.4. The SMILES string of the molecule is O=C(NCCS(=O)(=O)O)c1ccc(CC(C(=O)Nc2ccc(I)cc2)c2ccccc2)cc1. The van der Waals surface area contributed by atoms with Crippen LogP contribution in [0, 0.1) is 3.57 Å². The number of hydrogen-bond donors (Lipinski definition) is 3. The minimum absolute atomic E-state index is 0.130. The number of nitrogens with one attached hydrogen (secondary N) is 2. The molecular weight excluding hydrogens is 555 g/mol. The Morgan fingerprint density at radius 3 is 2.15 bits per heavy atom. The van der Waals surface area contributed by atoms with E-state index in [4.69, 9.17) is 4.55 Å². The second-order valence-corrected chi connectivity index (χ2v) is 10.2. The van der Waals surface area contributed by atoms with Crippen LogP contribution in [-0.4, -0.2) is 37.1 Å². The molecule has 172 valence electrons. The van der Waals surface area contributed by atoms with Crippen LogP contribution in [0.3, 0.4) is 0 Å². The van der Waals surface area contributed by atoms with Crippen molar-refractivity contribution in [1.82, 2.24) is 5.32 Å². The largest absolute Gasteiger partial charge is 0.351 e. The fraction of sp³-hybridized carbons (Fsp3) is 0.167. The quantitative estimate of drug-likeness (QED) is 0.264. The second kappa shape index (κ2) is 11.4. The summed E-state index contributed by atoms with van der Waals surface area (Å²) in [6.45, 7) is -0.186. The molecule has 0 aliphatic heterocycles. The van der Waals surface area contributed by atoms with E-state index in [1.807, 2.05) is 54.6 Å². The number of anilines is 1. The maximum absolute atomic E-state index is 13.1. The Bertz CT molecular complexity index is 1200. The number of rotatable bonds is 9. The van der Waals surface area contributed by atoms with Crippen LogP contribution in [0.25, 0.3) is 0 Å². The van der Waals surface area contributed by atoms with Gasteiger partial charge in [-0.05, 0) is 76.5 Å². The number of hydrogen-bond acceptors (Lipinski definition) is 4. The van der Waals surface area contributed by atoms with Gasteiger partial charge < -0.3 is 10.6 Å². The molecule has 33 heavy (non-hydrogen) atoms. The smallest absolute Gasteiger partial charge is 0.266 e. The number of amides is 2. The minimum atomic E-state index is -4.13. The second-order valence-electron chi connectivity index (χ2n) is 7.40. The molecule has 7 nitrogen and oxygen atoms in total. The van der Waals surface area contributed by atoms with Crippen LogP contribution in [0.1, 0.15) is 27.4 Å². The molecule has 9 heteroatoms. The third kappa shape index (κ3) is 7.95. The first-order chi connectivity index (χ1) is 15.7. The lowest BCUT2D eigenvalue weighted by Gasteiger charge is -2.18. The van der Waals surface area contributed by atoms with Gasteiger partial charge in [0.15, 0.2) is 0 Å². The van der Waals surface area contributed by atoms with Crippen molar-refractivity contribution in [1.29, 1.82) is 0 Å². The zero-order valence-electron chi connectivity index (χ0n) is 17.6. The van der Waals surface area contributed by atoms with E-state index < -0.39 is 27.7 Å². The van der Waals surface area contributed by atoms with Gasteiger partial charge in [-0.25, -0.2) is 0 Å². The maximum Gasteiger partial charge on any atom is 0.266 e. The average Bonchev–Trinajstić information content (AvgIpc) is 2.79. The van der Waals surface area contributed by atoms with Gasteiger partial charge in [0, 0.05) is 21.4 Å². The van der Waals surface area contributed by atoms with E-state index in [2.05, 4.69) is 33.2 Å². The summed E-state index contributed by atoms with van der Waals surface area (Å²) in [5.41, 5.74) is 2.83. The van der Waals surface area contributed by atoms with E-state index in [1.54, 1.807) is 24.3 Å². The Labute approximate surface area is 206 Å². The first-order valence-corrected chi connectivity index (χ1v) is 12.8. The molecule has 0 fully saturated rings. The van der Waals surface area contributed by atoms with Gasteiger partial charge in [0.1, 0.15) is 0 Å². The van der Waals surface area contributed by atoms with E-state index in [0.717, 1.165) is 20.4 Å². The van der Waals surface area contributed by atoms with Crippen LogP contribution in [0.2, 0.25) is 0 Å². The summed E-state index contributed by atoms with van der Waals surface area (Å²) in [6, 6.07) is 23.8. The van der Waals surface area contributed by atoms with Crippen molar-refractivity contribution < 1.29 is 22.6 Å². The van der Waals surface area contributed by atoms with Crippen molar-refractivity contribution in [3.8, 4) is 0 Å². The van der Waals surface area contributed by atoms with Crippen molar-refractivity contribution in [2.24, 2.45) is 0 Å². The van der Waals surface area contributed by atoms with Gasteiger partial charge in [-0.1, -0.05) is 42.5 Å². The average molecular weight is 578 g/mol. The molecule has 0 aliphatic rings. The third-order valence-electron chi connectivity index (χ3n) is 4.93. The van der Waals surface area contributed by atoms with E-state index >= 15 is 0 Å². The highest BCUT2D eigenvalue weighted by Gasteiger charge is 2.21. The first-order valence-electron chi connectivity index (χ1n) is 10.1. The monoisotopic (exact) mass is 578 g/mol. The molecular formula is C24H23IN2O5S. The van der Waals surface area contributed by atoms with Crippen LogP contribution in [0.4, 0.5) is 5.69 Å². The summed E-state index contributed by atoms with van der Waals surface area (Å²) in [6.07, 6.45) is 0.435. The van der Waals surface area contributed by atoms with E-state index in [0.29, 0.717) is 12.0 Å². The van der Waals surface area contributed by atoms with Crippen LogP contribution < -0.4 is 10.6 Å². The lowest BCUT2D eigenvalue weighted by molar-refractivity contribution is -0.117. The summed E-state index contributed by atoms with van der Waals surface area (Å²) in [4.78, 5) is 25.3. The van der Waals surface area contributed by atoms with Gasteiger partial charge in [0.2, 0.25) is 5.91 Å². The Kier molecular flexibility index (Phi) is 8.59. The summed E-state index contributed by atoms with van der Waals surface area (Å²) >= 11 is 2.21. The normalized spacial score (nSPS) is 12.1. The predicted octanol–water partition coefficient (Wildman–Crippen LogP) is 3.87. The number of carbonyl (C=O) groups is 2. The molecule has 0 aliphatic carbocycles. The van der Waals surface area contributed by atoms with Gasteiger partial charge in [-0.15, -0.1) is 0 Å². The molecule has 0 aromatic heterocycles. The van der Waals surface area contributed by atoms with E-state index in [-0.39, 0.29) is 12.5 Å². The molecule has 0 bridgehead atoms. The molecule has 0 radical (unpaired) electrons. The zero-order valence-corrected chi connectivity index (χ0v) is 20.5. The van der Waals surface area contributed by atoms with Gasteiger partial charge in [0.05, 0.1) is 11.7 Å². The van der Waals surface area contributed by atoms with Gasteiger partial charge >= 0.3 is 0 Å². The zero-order chi connectivity index (χ0) is 23.8.